The molecule has 204 valence electrons. The predicted octanol–water partition coefficient (Wildman–Crippen LogP) is 6.55. The number of nitrogens with zero attached hydrogens (tertiary/aromatic N) is 2. The maximum Gasteiger partial charge on any atom is 0.301 e. The molecule has 3 heterocycles. The Morgan fingerprint density at radius 3 is 2.52 bits per heavy atom. The summed E-state index contributed by atoms with van der Waals surface area (Å²) in [4.78, 5) is 33.4. The van der Waals surface area contributed by atoms with Gasteiger partial charge in [0.15, 0.2) is 5.13 Å². The summed E-state index contributed by atoms with van der Waals surface area (Å²) >= 11 is 1.30. The molecule has 1 saturated heterocycles. The topological polar surface area (TPSA) is 89.0 Å². The molecular weight excluding hydrogens is 524 g/mol. The van der Waals surface area contributed by atoms with Crippen molar-refractivity contribution in [2.24, 2.45) is 0 Å². The number of thiazole rings is 1. The SMILES string of the molecule is COc1ccc2nc(N3C(=O)C(=O)/C(=C(/O)c4ccc5c(c4)CC(C)O5)C3c3ccc(C(C)(C)C)cc3)sc2c1. The van der Waals surface area contributed by atoms with Gasteiger partial charge in [-0.15, -0.1) is 0 Å². The standard InChI is InChI=1S/C32H30N2O5S/c1-17-14-20-15-19(8-13-24(20)39-17)28(35)26-27(18-6-9-21(10-7-18)32(2,3)4)34(30(37)29(26)36)31-33-23-12-11-22(38-5)16-25(23)40-31/h6-13,15-17,27,35H,14H2,1-5H3/b28-26+. The molecule has 3 aromatic carbocycles. The molecule has 2 unspecified atom stereocenters. The molecule has 7 nitrogen and oxygen atoms in total. The molecule has 2 aliphatic rings. The summed E-state index contributed by atoms with van der Waals surface area (Å²) in [5, 5.41) is 12.0. The number of aromatic nitrogens is 1. The van der Waals surface area contributed by atoms with Gasteiger partial charge in [0.1, 0.15) is 23.4 Å². The molecule has 40 heavy (non-hydrogen) atoms. The molecule has 1 aromatic heterocycles. The van der Waals surface area contributed by atoms with Crippen LogP contribution in [0.1, 0.15) is 56.0 Å². The molecule has 2 aliphatic heterocycles. The summed E-state index contributed by atoms with van der Waals surface area (Å²) in [5.41, 5.74) is 3.92. The van der Waals surface area contributed by atoms with Gasteiger partial charge >= 0.3 is 5.91 Å². The van der Waals surface area contributed by atoms with Crippen molar-refractivity contribution in [3.05, 3.63) is 88.5 Å². The van der Waals surface area contributed by atoms with Crippen LogP contribution in [0.4, 0.5) is 5.13 Å². The van der Waals surface area contributed by atoms with Gasteiger partial charge in [0.25, 0.3) is 5.78 Å². The fourth-order valence-corrected chi connectivity index (χ4v) is 6.38. The minimum absolute atomic E-state index is 0.0389. The molecule has 0 saturated carbocycles. The molecule has 0 bridgehead atoms. The van der Waals surface area contributed by atoms with E-state index in [1.54, 1.807) is 25.3 Å². The van der Waals surface area contributed by atoms with Crippen LogP contribution in [0, 0.1) is 0 Å². The highest BCUT2D eigenvalue weighted by Gasteiger charge is 2.48. The van der Waals surface area contributed by atoms with E-state index < -0.39 is 17.7 Å². The normalized spacial score (nSPS) is 20.2. The lowest BCUT2D eigenvalue weighted by Gasteiger charge is -2.24. The number of ether oxygens (including phenoxy) is 2. The van der Waals surface area contributed by atoms with Crippen molar-refractivity contribution < 1.29 is 24.2 Å². The number of Topliss-reactive ketones (excluding diaryl/α,β-unsaturated/α-hetero) is 1. The number of hydrogen-bond donors (Lipinski definition) is 1. The van der Waals surface area contributed by atoms with Gasteiger partial charge in [-0.3, -0.25) is 14.5 Å². The van der Waals surface area contributed by atoms with Crippen LogP contribution in [0.5, 0.6) is 11.5 Å². The third-order valence-electron chi connectivity index (χ3n) is 7.50. The largest absolute Gasteiger partial charge is 0.507 e. The highest BCUT2D eigenvalue weighted by Crippen LogP contribution is 2.45. The minimum atomic E-state index is -0.847. The summed E-state index contributed by atoms with van der Waals surface area (Å²) in [7, 11) is 1.59. The van der Waals surface area contributed by atoms with Crippen LogP contribution in [0.3, 0.4) is 0 Å². The van der Waals surface area contributed by atoms with Gasteiger partial charge < -0.3 is 14.6 Å². The number of fused-ring (bicyclic) bond motifs is 2. The molecule has 4 aromatic rings. The zero-order valence-electron chi connectivity index (χ0n) is 23.0. The summed E-state index contributed by atoms with van der Waals surface area (Å²) in [6.45, 7) is 8.37. The molecule has 2 atom stereocenters. The van der Waals surface area contributed by atoms with E-state index in [0.29, 0.717) is 33.9 Å². The monoisotopic (exact) mass is 554 g/mol. The van der Waals surface area contributed by atoms with E-state index in [4.69, 9.17) is 14.5 Å². The number of carbonyl (C=O) groups excluding carboxylic acids is 2. The molecular formula is C32H30N2O5S. The van der Waals surface area contributed by atoms with Crippen LogP contribution in [-0.4, -0.2) is 35.0 Å². The number of carbonyl (C=O) groups is 2. The third-order valence-corrected chi connectivity index (χ3v) is 8.51. The average molecular weight is 555 g/mol. The van der Waals surface area contributed by atoms with Gasteiger partial charge in [0.2, 0.25) is 0 Å². The van der Waals surface area contributed by atoms with Gasteiger partial charge in [0.05, 0.1) is 28.9 Å². The highest BCUT2D eigenvalue weighted by molar-refractivity contribution is 7.22. The summed E-state index contributed by atoms with van der Waals surface area (Å²) < 4.78 is 12.0. The maximum atomic E-state index is 13.6. The van der Waals surface area contributed by atoms with Gasteiger partial charge in [-0.25, -0.2) is 4.98 Å². The lowest BCUT2D eigenvalue weighted by Crippen LogP contribution is -2.29. The second-order valence-corrected chi connectivity index (χ2v) is 12.3. The van der Waals surface area contributed by atoms with Crippen LogP contribution < -0.4 is 14.4 Å². The molecule has 1 fully saturated rings. The van der Waals surface area contributed by atoms with Gasteiger partial charge in [-0.05, 0) is 65.4 Å². The Labute approximate surface area is 236 Å². The van der Waals surface area contributed by atoms with Crippen molar-refractivity contribution in [1.82, 2.24) is 4.98 Å². The van der Waals surface area contributed by atoms with Gasteiger partial charge in [-0.1, -0.05) is 56.4 Å². The van der Waals surface area contributed by atoms with Crippen LogP contribution in [0.25, 0.3) is 16.0 Å². The molecule has 1 amide bonds. The Bertz CT molecular complexity index is 1700. The Kier molecular flexibility index (Phi) is 6.18. The van der Waals surface area contributed by atoms with Crippen molar-refractivity contribution in [2.45, 2.75) is 51.7 Å². The minimum Gasteiger partial charge on any atom is -0.507 e. The zero-order valence-corrected chi connectivity index (χ0v) is 23.8. The Hall–Kier alpha value is -4.17. The number of benzene rings is 3. The highest BCUT2D eigenvalue weighted by atomic mass is 32.1. The first-order valence-corrected chi connectivity index (χ1v) is 14.0. The Morgan fingerprint density at radius 1 is 1.07 bits per heavy atom. The van der Waals surface area contributed by atoms with Gasteiger partial charge in [-0.2, -0.15) is 0 Å². The number of ketones is 1. The molecule has 1 N–H and O–H groups in total. The quantitative estimate of drug-likeness (QED) is 0.175. The van der Waals surface area contributed by atoms with E-state index >= 15 is 0 Å². The van der Waals surface area contributed by atoms with Crippen molar-refractivity contribution >= 4 is 44.1 Å². The van der Waals surface area contributed by atoms with Crippen molar-refractivity contribution in [3.63, 3.8) is 0 Å². The average Bonchev–Trinajstić information content (AvgIpc) is 3.59. The zero-order chi connectivity index (χ0) is 28.3. The number of amides is 1. The predicted molar refractivity (Wildman–Crippen MR) is 156 cm³/mol. The summed E-state index contributed by atoms with van der Waals surface area (Å²) in [6.07, 6.45) is 0.745. The molecule has 0 spiro atoms. The summed E-state index contributed by atoms with van der Waals surface area (Å²) in [6, 6.07) is 17.9. The molecule has 0 radical (unpaired) electrons. The first-order chi connectivity index (χ1) is 19.0. The number of aliphatic hydroxyl groups excluding tert-OH is 1. The maximum absolute atomic E-state index is 13.6. The fourth-order valence-electron chi connectivity index (χ4n) is 5.36. The van der Waals surface area contributed by atoms with E-state index in [1.807, 2.05) is 49.4 Å². The second-order valence-electron chi connectivity index (χ2n) is 11.3. The third kappa shape index (κ3) is 4.32. The molecule has 8 heteroatoms. The van der Waals surface area contributed by atoms with E-state index in [1.165, 1.54) is 16.2 Å². The first-order valence-electron chi connectivity index (χ1n) is 13.2. The Morgan fingerprint density at radius 2 is 1.82 bits per heavy atom. The number of hydrogen-bond acceptors (Lipinski definition) is 7. The van der Waals surface area contributed by atoms with Crippen LogP contribution in [-0.2, 0) is 21.4 Å². The van der Waals surface area contributed by atoms with E-state index in [2.05, 4.69) is 20.8 Å². The van der Waals surface area contributed by atoms with E-state index in [9.17, 15) is 14.7 Å². The molecule has 0 aliphatic carbocycles. The van der Waals surface area contributed by atoms with Crippen LogP contribution >= 0.6 is 11.3 Å². The Balaban J connectivity index is 1.52. The number of aliphatic hydroxyl groups is 1. The van der Waals surface area contributed by atoms with Crippen molar-refractivity contribution in [2.75, 3.05) is 12.0 Å². The van der Waals surface area contributed by atoms with Crippen LogP contribution in [0.15, 0.2) is 66.2 Å². The lowest BCUT2D eigenvalue weighted by atomic mass is 9.85. The first kappa shape index (κ1) is 26.1. The van der Waals surface area contributed by atoms with E-state index in [0.717, 1.165) is 21.6 Å². The van der Waals surface area contributed by atoms with Crippen LogP contribution in [0.2, 0.25) is 0 Å². The smallest absolute Gasteiger partial charge is 0.301 e. The fraction of sp³-hybridized carbons (Fsp3) is 0.281. The second kappa shape index (κ2) is 9.48. The lowest BCUT2D eigenvalue weighted by molar-refractivity contribution is -0.132. The number of methoxy groups -OCH3 is 1. The van der Waals surface area contributed by atoms with E-state index in [-0.39, 0.29) is 22.9 Å². The summed E-state index contributed by atoms with van der Waals surface area (Å²) in [5.74, 6) is -0.242. The number of anilines is 1. The van der Waals surface area contributed by atoms with Crippen molar-refractivity contribution in [1.29, 1.82) is 0 Å². The molecule has 6 rings (SSSR count). The van der Waals surface area contributed by atoms with Gasteiger partial charge in [0, 0.05) is 12.0 Å². The number of rotatable bonds is 4. The van der Waals surface area contributed by atoms with Crippen molar-refractivity contribution in [3.8, 4) is 11.5 Å².